The maximum absolute atomic E-state index is 13.8. The molecule has 16 heteroatoms. The molecule has 0 saturated heterocycles. The monoisotopic (exact) mass is 646 g/mol. The Bertz CT molecular complexity index is 1780. The van der Waals surface area contributed by atoms with E-state index in [1.807, 2.05) is 6.92 Å². The highest BCUT2D eigenvalue weighted by Gasteiger charge is 2.40. The highest BCUT2D eigenvalue weighted by molar-refractivity contribution is 7.86. The van der Waals surface area contributed by atoms with Crippen LogP contribution in [0.15, 0.2) is 64.7 Å². The third-order valence-electron chi connectivity index (χ3n) is 7.11. The fourth-order valence-corrected chi connectivity index (χ4v) is 5.92. The maximum atomic E-state index is 13.8. The normalized spacial score (nSPS) is 17.3. The van der Waals surface area contributed by atoms with E-state index in [0.717, 1.165) is 36.0 Å². The van der Waals surface area contributed by atoms with Crippen LogP contribution in [0.4, 0.5) is 17.2 Å². The van der Waals surface area contributed by atoms with Crippen LogP contribution >= 0.6 is 23.2 Å². The van der Waals surface area contributed by atoms with Crippen molar-refractivity contribution in [3.8, 4) is 0 Å². The summed E-state index contributed by atoms with van der Waals surface area (Å²) < 4.78 is 34.3. The first-order valence-electron chi connectivity index (χ1n) is 13.0. The Balaban J connectivity index is 1.54. The molecule has 0 bridgehead atoms. The quantitative estimate of drug-likeness (QED) is 0.168. The fraction of sp³-hybridized carbons (Fsp3) is 0.259. The zero-order valence-electron chi connectivity index (χ0n) is 22.4. The number of hydrogen-bond acceptors (Lipinski definition) is 9. The van der Waals surface area contributed by atoms with Gasteiger partial charge in [0.15, 0.2) is 5.82 Å². The van der Waals surface area contributed by atoms with Crippen molar-refractivity contribution in [2.45, 2.75) is 43.2 Å². The number of amides is 2. The van der Waals surface area contributed by atoms with Crippen molar-refractivity contribution in [1.29, 1.82) is 0 Å². The van der Waals surface area contributed by atoms with Crippen molar-refractivity contribution in [3.05, 3.63) is 86.0 Å². The lowest BCUT2D eigenvalue weighted by Gasteiger charge is -2.23. The highest BCUT2D eigenvalue weighted by Crippen LogP contribution is 2.36. The van der Waals surface area contributed by atoms with Crippen LogP contribution in [0.5, 0.6) is 0 Å². The second-order valence-corrected chi connectivity index (χ2v) is 12.3. The van der Waals surface area contributed by atoms with Gasteiger partial charge in [-0.3, -0.25) is 24.3 Å². The number of hydrazone groups is 1. The molecule has 43 heavy (non-hydrogen) atoms. The first kappa shape index (κ1) is 30.4. The molecule has 224 valence electrons. The number of carbonyl (C=O) groups is 2. The van der Waals surface area contributed by atoms with E-state index in [1.165, 1.54) is 30.5 Å². The van der Waals surface area contributed by atoms with Crippen molar-refractivity contribution in [2.24, 2.45) is 11.0 Å². The summed E-state index contributed by atoms with van der Waals surface area (Å²) >= 11 is 12.5. The third kappa shape index (κ3) is 6.46. The number of rotatable bonds is 9. The van der Waals surface area contributed by atoms with Crippen LogP contribution in [0.25, 0.3) is 0 Å². The molecule has 2 heterocycles. The van der Waals surface area contributed by atoms with Gasteiger partial charge in [-0.2, -0.15) is 13.5 Å². The second kappa shape index (κ2) is 11.9. The summed E-state index contributed by atoms with van der Waals surface area (Å²) in [7, 11) is -4.94. The minimum atomic E-state index is -4.94. The van der Waals surface area contributed by atoms with Gasteiger partial charge in [0.1, 0.15) is 10.9 Å². The van der Waals surface area contributed by atoms with Crippen LogP contribution in [0.2, 0.25) is 10.0 Å². The van der Waals surface area contributed by atoms with Crippen molar-refractivity contribution >= 4 is 68.0 Å². The van der Waals surface area contributed by atoms with E-state index >= 15 is 0 Å². The predicted molar refractivity (Wildman–Crippen MR) is 159 cm³/mol. The minimum Gasteiger partial charge on any atom is -0.349 e. The molecule has 1 saturated carbocycles. The Labute approximate surface area is 255 Å². The number of pyridine rings is 1. The molecule has 0 spiro atoms. The van der Waals surface area contributed by atoms with Gasteiger partial charge < -0.3 is 10.6 Å². The summed E-state index contributed by atoms with van der Waals surface area (Å²) in [5.74, 6) is -0.762. The lowest BCUT2D eigenvalue weighted by molar-refractivity contribution is -0.385. The highest BCUT2D eigenvalue weighted by atomic mass is 35.5. The first-order chi connectivity index (χ1) is 20.3. The standard InChI is InChI=1S/C27H24Cl2N6O7S/c1-14(15-7-8-15)31-26(36)17-12-16(28)9-10-19(17)32-27(37)22-13-20(33-34(22)25-18(29)4-3-11-30-25)24-21(35(38)39)5-2-6-23(24)43(40,41)42/h2-6,9-12,14-15,22H,7-8,13H2,1H3,(H,31,36)(H,32,37)(H,40,41,42). The van der Waals surface area contributed by atoms with E-state index in [9.17, 15) is 32.7 Å². The molecule has 3 aromatic rings. The number of nitro benzene ring substituents is 1. The topological polar surface area (TPSA) is 184 Å². The number of hydrogen-bond donors (Lipinski definition) is 3. The molecule has 1 aliphatic carbocycles. The lowest BCUT2D eigenvalue weighted by Crippen LogP contribution is -2.40. The summed E-state index contributed by atoms with van der Waals surface area (Å²) in [6.45, 7) is 1.90. The van der Waals surface area contributed by atoms with Gasteiger partial charge in [0.2, 0.25) is 5.91 Å². The summed E-state index contributed by atoms with van der Waals surface area (Å²) in [4.78, 5) is 41.5. The molecule has 2 aliphatic rings. The van der Waals surface area contributed by atoms with Gasteiger partial charge >= 0.3 is 0 Å². The van der Waals surface area contributed by atoms with Crippen LogP contribution in [-0.2, 0) is 14.9 Å². The van der Waals surface area contributed by atoms with E-state index in [0.29, 0.717) is 5.92 Å². The van der Waals surface area contributed by atoms with Crippen molar-refractivity contribution in [3.63, 3.8) is 0 Å². The summed E-state index contributed by atoms with van der Waals surface area (Å²) in [6.07, 6.45) is 3.06. The van der Waals surface area contributed by atoms with Gasteiger partial charge in [-0.05, 0) is 62.1 Å². The molecule has 1 aliphatic heterocycles. The molecule has 2 atom stereocenters. The molecule has 1 aromatic heterocycles. The van der Waals surface area contributed by atoms with Crippen LogP contribution in [0.1, 0.15) is 42.1 Å². The lowest BCUT2D eigenvalue weighted by atomic mass is 10.0. The molecule has 2 amide bonds. The second-order valence-electron chi connectivity index (χ2n) is 10.1. The molecule has 2 unspecified atom stereocenters. The first-order valence-corrected chi connectivity index (χ1v) is 15.2. The molecule has 13 nitrogen and oxygen atoms in total. The molecule has 0 radical (unpaired) electrons. The van der Waals surface area contributed by atoms with Crippen LogP contribution in [0, 0.1) is 16.0 Å². The summed E-state index contributed by atoms with van der Waals surface area (Å²) in [6, 6.07) is 9.22. The van der Waals surface area contributed by atoms with Crippen molar-refractivity contribution in [1.82, 2.24) is 10.3 Å². The predicted octanol–water partition coefficient (Wildman–Crippen LogP) is 4.69. The maximum Gasteiger partial charge on any atom is 0.295 e. The summed E-state index contributed by atoms with van der Waals surface area (Å²) in [5.41, 5.74) is -1.07. The van der Waals surface area contributed by atoms with Gasteiger partial charge in [0.25, 0.3) is 21.7 Å². The van der Waals surface area contributed by atoms with Gasteiger partial charge in [-0.25, -0.2) is 9.99 Å². The number of nitro groups is 1. The Morgan fingerprint density at radius 3 is 2.56 bits per heavy atom. The number of nitrogens with one attached hydrogen (secondary N) is 2. The zero-order chi connectivity index (χ0) is 31.1. The van der Waals surface area contributed by atoms with Gasteiger partial charge in [-0.15, -0.1) is 0 Å². The number of benzene rings is 2. The number of anilines is 2. The number of halogens is 2. The molecule has 1 fully saturated rings. The van der Waals surface area contributed by atoms with Crippen LogP contribution < -0.4 is 15.6 Å². The van der Waals surface area contributed by atoms with Gasteiger partial charge in [-0.1, -0.05) is 29.3 Å². The average Bonchev–Trinajstić information content (AvgIpc) is 3.72. The number of nitrogens with zero attached hydrogens (tertiary/aromatic N) is 4. The van der Waals surface area contributed by atoms with E-state index in [2.05, 4.69) is 20.7 Å². The number of carbonyl (C=O) groups excluding carboxylic acids is 2. The van der Waals surface area contributed by atoms with E-state index < -0.39 is 49.0 Å². The Morgan fingerprint density at radius 2 is 1.91 bits per heavy atom. The van der Waals surface area contributed by atoms with Crippen molar-refractivity contribution in [2.75, 3.05) is 10.3 Å². The Hall–Kier alpha value is -4.11. The smallest absolute Gasteiger partial charge is 0.295 e. The average molecular weight is 647 g/mol. The zero-order valence-corrected chi connectivity index (χ0v) is 24.7. The van der Waals surface area contributed by atoms with Crippen LogP contribution in [0.3, 0.4) is 0 Å². The SMILES string of the molecule is CC(NC(=O)c1cc(Cl)ccc1NC(=O)C1CC(c2c([N+](=O)[O-])cccc2S(=O)(=O)O)=NN1c1ncccc1Cl)C1CC1. The van der Waals surface area contributed by atoms with Crippen LogP contribution in [-0.4, -0.2) is 52.5 Å². The Morgan fingerprint density at radius 1 is 1.16 bits per heavy atom. The largest absolute Gasteiger partial charge is 0.349 e. The van der Waals surface area contributed by atoms with E-state index in [4.69, 9.17) is 23.2 Å². The molecular formula is C27H24Cl2N6O7S. The third-order valence-corrected chi connectivity index (χ3v) is 8.53. The van der Waals surface area contributed by atoms with E-state index in [-0.39, 0.29) is 45.3 Å². The van der Waals surface area contributed by atoms with E-state index in [1.54, 1.807) is 6.07 Å². The van der Waals surface area contributed by atoms with Gasteiger partial charge in [0.05, 0.1) is 32.5 Å². The molecule has 3 N–H and O–H groups in total. The number of aromatic nitrogens is 1. The molecule has 5 rings (SSSR count). The summed E-state index contributed by atoms with van der Waals surface area (Å²) in [5, 5.41) is 23.3. The van der Waals surface area contributed by atoms with Gasteiger partial charge in [0, 0.05) is 29.7 Å². The minimum absolute atomic E-state index is 0.0126. The Kier molecular flexibility index (Phi) is 8.38. The molecule has 2 aromatic carbocycles. The van der Waals surface area contributed by atoms with Crippen molar-refractivity contribution < 1.29 is 27.5 Å². The molecular weight excluding hydrogens is 623 g/mol. The fourth-order valence-electron chi connectivity index (χ4n) is 4.81.